The number of hydrogen-bond acceptors (Lipinski definition) is 3. The second-order valence-corrected chi connectivity index (χ2v) is 9.47. The van der Waals surface area contributed by atoms with Gasteiger partial charge < -0.3 is 5.32 Å². The Hall–Kier alpha value is -2.15. The van der Waals surface area contributed by atoms with Crippen LogP contribution in [0.25, 0.3) is 6.08 Å². The molecular weight excluding hydrogens is 408 g/mol. The van der Waals surface area contributed by atoms with Crippen LogP contribution in [0, 0.1) is 5.92 Å². The van der Waals surface area contributed by atoms with Crippen LogP contribution >= 0.6 is 11.6 Å². The van der Waals surface area contributed by atoms with Crippen LogP contribution in [-0.2, 0) is 14.8 Å². The Kier molecular flexibility index (Phi) is 7.11. The predicted molar refractivity (Wildman–Crippen MR) is 117 cm³/mol. The molecule has 1 atom stereocenters. The van der Waals surface area contributed by atoms with E-state index in [2.05, 4.69) is 5.32 Å². The van der Waals surface area contributed by atoms with Gasteiger partial charge in [-0.15, -0.1) is 0 Å². The summed E-state index contributed by atoms with van der Waals surface area (Å²) >= 11 is 6.02. The number of nitrogens with one attached hydrogen (secondary N) is 1. The van der Waals surface area contributed by atoms with Crippen molar-refractivity contribution in [2.45, 2.75) is 25.8 Å². The zero-order chi connectivity index (χ0) is 20.9. The highest BCUT2D eigenvalue weighted by molar-refractivity contribution is 7.92. The SMILES string of the molecule is C[C@H](NC(=O)C1CCN(S(=O)(=O)/C=C\c2ccccc2)CC1)c1cccc(Cl)c1. The molecule has 1 aliphatic rings. The van der Waals surface area contributed by atoms with E-state index < -0.39 is 10.0 Å². The van der Waals surface area contributed by atoms with E-state index in [4.69, 9.17) is 11.6 Å². The smallest absolute Gasteiger partial charge is 0.236 e. The summed E-state index contributed by atoms with van der Waals surface area (Å²) in [6.07, 6.45) is 2.61. The molecule has 29 heavy (non-hydrogen) atoms. The van der Waals surface area contributed by atoms with Gasteiger partial charge in [0, 0.05) is 29.4 Å². The van der Waals surface area contributed by atoms with Crippen molar-refractivity contribution in [2.24, 2.45) is 5.92 Å². The van der Waals surface area contributed by atoms with Gasteiger partial charge in [0.15, 0.2) is 0 Å². The summed E-state index contributed by atoms with van der Waals surface area (Å²) in [6, 6.07) is 16.6. The Morgan fingerprint density at radius 2 is 1.83 bits per heavy atom. The summed E-state index contributed by atoms with van der Waals surface area (Å²) in [4.78, 5) is 12.6. The number of amides is 1. The highest BCUT2D eigenvalue weighted by Crippen LogP contribution is 2.23. The lowest BCUT2D eigenvalue weighted by Gasteiger charge is -2.30. The third-order valence-corrected chi connectivity index (χ3v) is 6.92. The van der Waals surface area contributed by atoms with Crippen molar-refractivity contribution >= 4 is 33.6 Å². The molecule has 1 amide bonds. The maximum atomic E-state index is 12.6. The van der Waals surface area contributed by atoms with Gasteiger partial charge >= 0.3 is 0 Å². The van der Waals surface area contributed by atoms with Crippen molar-refractivity contribution < 1.29 is 13.2 Å². The molecule has 5 nitrogen and oxygen atoms in total. The van der Waals surface area contributed by atoms with Crippen LogP contribution in [0.1, 0.15) is 36.9 Å². The molecule has 1 saturated heterocycles. The second kappa shape index (κ2) is 9.57. The summed E-state index contributed by atoms with van der Waals surface area (Å²) in [7, 11) is -3.50. The number of rotatable bonds is 6. The molecule has 0 saturated carbocycles. The molecule has 7 heteroatoms. The number of carbonyl (C=O) groups is 1. The first kappa shape index (κ1) is 21.6. The molecule has 0 radical (unpaired) electrons. The number of nitrogens with zero attached hydrogens (tertiary/aromatic N) is 1. The molecule has 154 valence electrons. The minimum absolute atomic E-state index is 0.0469. The van der Waals surface area contributed by atoms with Gasteiger partial charge in [0.2, 0.25) is 15.9 Å². The summed E-state index contributed by atoms with van der Waals surface area (Å²) < 4.78 is 26.6. The van der Waals surface area contributed by atoms with Crippen LogP contribution in [-0.4, -0.2) is 31.7 Å². The molecule has 0 unspecified atom stereocenters. The van der Waals surface area contributed by atoms with Crippen molar-refractivity contribution in [1.29, 1.82) is 0 Å². The van der Waals surface area contributed by atoms with Crippen LogP contribution in [0.4, 0.5) is 0 Å². The molecule has 0 spiro atoms. The minimum Gasteiger partial charge on any atom is -0.349 e. The summed E-state index contributed by atoms with van der Waals surface area (Å²) in [5.74, 6) is -0.240. The number of hydrogen-bond donors (Lipinski definition) is 1. The number of benzene rings is 2. The van der Waals surface area contributed by atoms with Crippen molar-refractivity contribution in [3.05, 3.63) is 76.2 Å². The lowest BCUT2D eigenvalue weighted by Crippen LogP contribution is -2.42. The second-order valence-electron chi connectivity index (χ2n) is 7.22. The molecular formula is C22H25ClN2O3S. The monoisotopic (exact) mass is 432 g/mol. The Morgan fingerprint density at radius 1 is 1.14 bits per heavy atom. The number of carbonyl (C=O) groups excluding carboxylic acids is 1. The Labute approximate surface area is 177 Å². The first-order chi connectivity index (χ1) is 13.8. The highest BCUT2D eigenvalue weighted by atomic mass is 35.5. The van der Waals surface area contributed by atoms with Gasteiger partial charge in [-0.05, 0) is 49.1 Å². The minimum atomic E-state index is -3.50. The molecule has 1 fully saturated rings. The predicted octanol–water partition coefficient (Wildman–Crippen LogP) is 4.23. The van der Waals surface area contributed by atoms with Crippen LogP contribution in [0.3, 0.4) is 0 Å². The lowest BCUT2D eigenvalue weighted by molar-refractivity contribution is -0.126. The van der Waals surface area contributed by atoms with Gasteiger partial charge in [0.1, 0.15) is 0 Å². The van der Waals surface area contributed by atoms with Crippen LogP contribution < -0.4 is 5.32 Å². The maximum Gasteiger partial charge on any atom is 0.236 e. The zero-order valence-electron chi connectivity index (χ0n) is 16.3. The average molecular weight is 433 g/mol. The lowest BCUT2D eigenvalue weighted by atomic mass is 9.96. The molecule has 1 N–H and O–H groups in total. The first-order valence-electron chi connectivity index (χ1n) is 9.64. The summed E-state index contributed by atoms with van der Waals surface area (Å²) in [5, 5.41) is 4.88. The Balaban J connectivity index is 1.54. The number of halogens is 1. The quantitative estimate of drug-likeness (QED) is 0.742. The fraction of sp³-hybridized carbons (Fsp3) is 0.318. The van der Waals surface area contributed by atoms with E-state index in [0.29, 0.717) is 31.0 Å². The van der Waals surface area contributed by atoms with E-state index in [1.54, 1.807) is 12.1 Å². The Morgan fingerprint density at radius 3 is 2.48 bits per heavy atom. The Bertz CT molecular complexity index is 969. The number of piperidine rings is 1. The molecule has 1 aliphatic heterocycles. The molecule has 0 bridgehead atoms. The molecule has 0 aromatic heterocycles. The van der Waals surface area contributed by atoms with E-state index in [1.807, 2.05) is 55.5 Å². The number of sulfonamides is 1. The topological polar surface area (TPSA) is 66.5 Å². The van der Waals surface area contributed by atoms with E-state index in [9.17, 15) is 13.2 Å². The van der Waals surface area contributed by atoms with E-state index in [-0.39, 0.29) is 17.9 Å². The van der Waals surface area contributed by atoms with Gasteiger partial charge in [-0.2, -0.15) is 4.31 Å². The van der Waals surface area contributed by atoms with Gasteiger partial charge in [-0.3, -0.25) is 4.79 Å². The molecule has 3 rings (SSSR count). The van der Waals surface area contributed by atoms with Gasteiger partial charge in [-0.25, -0.2) is 8.42 Å². The van der Waals surface area contributed by atoms with Gasteiger partial charge in [0.25, 0.3) is 0 Å². The van der Waals surface area contributed by atoms with Crippen molar-refractivity contribution in [3.8, 4) is 0 Å². The van der Waals surface area contributed by atoms with Gasteiger partial charge in [-0.1, -0.05) is 54.1 Å². The van der Waals surface area contributed by atoms with E-state index in [0.717, 1.165) is 11.1 Å². The van der Waals surface area contributed by atoms with Crippen molar-refractivity contribution in [3.63, 3.8) is 0 Å². The normalized spacial score (nSPS) is 17.3. The average Bonchev–Trinajstić information content (AvgIpc) is 2.73. The molecule has 0 aliphatic carbocycles. The van der Waals surface area contributed by atoms with Gasteiger partial charge in [0.05, 0.1) is 6.04 Å². The first-order valence-corrected chi connectivity index (χ1v) is 11.5. The molecule has 2 aromatic rings. The van der Waals surface area contributed by atoms with Crippen LogP contribution in [0.2, 0.25) is 5.02 Å². The standard InChI is InChI=1S/C22H25ClN2O3S/c1-17(20-8-5-9-21(23)16-20)24-22(26)19-10-13-25(14-11-19)29(27,28)15-12-18-6-3-2-4-7-18/h2-9,12,15-17,19H,10-11,13-14H2,1H3,(H,24,26)/b15-12-/t17-/m0/s1. The highest BCUT2D eigenvalue weighted by Gasteiger charge is 2.30. The fourth-order valence-electron chi connectivity index (χ4n) is 3.38. The van der Waals surface area contributed by atoms with Crippen LogP contribution in [0.5, 0.6) is 0 Å². The third-order valence-electron chi connectivity index (χ3n) is 5.12. The van der Waals surface area contributed by atoms with Crippen molar-refractivity contribution in [2.75, 3.05) is 13.1 Å². The summed E-state index contributed by atoms with van der Waals surface area (Å²) in [6.45, 7) is 2.59. The van der Waals surface area contributed by atoms with E-state index >= 15 is 0 Å². The van der Waals surface area contributed by atoms with E-state index in [1.165, 1.54) is 9.71 Å². The third kappa shape index (κ3) is 5.92. The maximum absolute atomic E-state index is 12.6. The fourth-order valence-corrected chi connectivity index (χ4v) is 4.80. The summed E-state index contributed by atoms with van der Waals surface area (Å²) in [5.41, 5.74) is 1.78. The zero-order valence-corrected chi connectivity index (χ0v) is 17.9. The van der Waals surface area contributed by atoms with Crippen molar-refractivity contribution in [1.82, 2.24) is 9.62 Å². The molecule has 2 aromatic carbocycles. The largest absolute Gasteiger partial charge is 0.349 e. The van der Waals surface area contributed by atoms with Crippen LogP contribution in [0.15, 0.2) is 60.0 Å². The molecule has 1 heterocycles.